The minimum Gasteiger partial charge on any atom is -0.330 e. The SMILES string of the molecule is O=C(/C=C\c1ccc([N+](=O)[O-])cc1)N1CCC[C@@H]1c1nc2ccccc2s1. The van der Waals surface area contributed by atoms with E-state index in [1.165, 1.54) is 18.2 Å². The van der Waals surface area contributed by atoms with Crippen LogP contribution in [0.4, 0.5) is 5.69 Å². The molecule has 1 aliphatic heterocycles. The molecule has 1 saturated heterocycles. The second-order valence-electron chi connectivity index (χ2n) is 6.39. The van der Waals surface area contributed by atoms with Crippen LogP contribution in [0.25, 0.3) is 16.3 Å². The first kappa shape index (κ1) is 17.4. The number of thiazole rings is 1. The van der Waals surface area contributed by atoms with Crippen molar-refractivity contribution in [2.45, 2.75) is 18.9 Å². The Morgan fingerprint density at radius 3 is 2.74 bits per heavy atom. The van der Waals surface area contributed by atoms with E-state index >= 15 is 0 Å². The minimum absolute atomic E-state index is 0.0106. The monoisotopic (exact) mass is 379 g/mol. The number of hydrogen-bond acceptors (Lipinski definition) is 5. The molecule has 3 aromatic rings. The van der Waals surface area contributed by atoms with Crippen molar-refractivity contribution in [3.05, 3.63) is 75.3 Å². The van der Waals surface area contributed by atoms with Crippen molar-refractivity contribution < 1.29 is 9.72 Å². The first-order valence-electron chi connectivity index (χ1n) is 8.70. The molecule has 27 heavy (non-hydrogen) atoms. The number of fused-ring (bicyclic) bond motifs is 1. The molecule has 2 heterocycles. The van der Waals surface area contributed by atoms with Crippen LogP contribution in [0.5, 0.6) is 0 Å². The van der Waals surface area contributed by atoms with Gasteiger partial charge in [-0.3, -0.25) is 14.9 Å². The van der Waals surface area contributed by atoms with Crippen LogP contribution in [0.15, 0.2) is 54.6 Å². The topological polar surface area (TPSA) is 76.3 Å². The number of benzene rings is 2. The predicted molar refractivity (Wildman–Crippen MR) is 105 cm³/mol. The summed E-state index contributed by atoms with van der Waals surface area (Å²) in [5.74, 6) is -0.0601. The number of rotatable bonds is 4. The maximum absolute atomic E-state index is 12.7. The van der Waals surface area contributed by atoms with Crippen LogP contribution in [0, 0.1) is 10.1 Å². The summed E-state index contributed by atoms with van der Waals surface area (Å²) in [4.78, 5) is 29.5. The first-order valence-corrected chi connectivity index (χ1v) is 9.52. The third-order valence-electron chi connectivity index (χ3n) is 4.65. The fourth-order valence-corrected chi connectivity index (χ4v) is 4.41. The summed E-state index contributed by atoms with van der Waals surface area (Å²) >= 11 is 1.64. The van der Waals surface area contributed by atoms with E-state index in [4.69, 9.17) is 4.98 Å². The van der Waals surface area contributed by atoms with E-state index in [0.29, 0.717) is 6.54 Å². The van der Waals surface area contributed by atoms with E-state index in [0.717, 1.165) is 33.6 Å². The number of para-hydroxylation sites is 1. The van der Waals surface area contributed by atoms with Gasteiger partial charge in [-0.1, -0.05) is 12.1 Å². The van der Waals surface area contributed by atoms with Crippen LogP contribution in [-0.2, 0) is 4.79 Å². The van der Waals surface area contributed by atoms with Gasteiger partial charge in [0, 0.05) is 24.8 Å². The Balaban J connectivity index is 1.51. The van der Waals surface area contributed by atoms with Crippen molar-refractivity contribution in [3.63, 3.8) is 0 Å². The van der Waals surface area contributed by atoms with E-state index in [1.807, 2.05) is 29.2 Å². The molecule has 7 heteroatoms. The number of carbonyl (C=O) groups is 1. The molecule has 4 rings (SSSR count). The number of nitrogens with zero attached hydrogens (tertiary/aromatic N) is 3. The van der Waals surface area contributed by atoms with Crippen LogP contribution in [-0.4, -0.2) is 27.3 Å². The number of hydrogen-bond donors (Lipinski definition) is 0. The average molecular weight is 379 g/mol. The van der Waals surface area contributed by atoms with Crippen molar-refractivity contribution >= 4 is 39.2 Å². The first-order chi connectivity index (χ1) is 13.1. The van der Waals surface area contributed by atoms with Gasteiger partial charge in [0.15, 0.2) is 0 Å². The molecule has 0 N–H and O–H groups in total. The number of aromatic nitrogens is 1. The number of amides is 1. The Kier molecular flexibility index (Phi) is 4.68. The molecule has 1 aromatic heterocycles. The fraction of sp³-hybridized carbons (Fsp3) is 0.200. The van der Waals surface area contributed by atoms with Gasteiger partial charge < -0.3 is 4.90 Å². The lowest BCUT2D eigenvalue weighted by Crippen LogP contribution is -2.28. The summed E-state index contributed by atoms with van der Waals surface area (Å²) in [7, 11) is 0. The molecule has 0 spiro atoms. The minimum atomic E-state index is -0.439. The Labute approximate surface area is 159 Å². The summed E-state index contributed by atoms with van der Waals surface area (Å²) in [6.45, 7) is 0.712. The van der Waals surface area contributed by atoms with Crippen LogP contribution in [0.1, 0.15) is 29.5 Å². The summed E-state index contributed by atoms with van der Waals surface area (Å²) in [6, 6.07) is 14.2. The number of non-ortho nitro benzene ring substituents is 1. The standard InChI is InChI=1S/C20H17N3O3S/c24-19(12-9-14-7-10-15(11-8-14)23(25)26)22-13-3-5-17(22)20-21-16-4-1-2-6-18(16)27-20/h1-2,4,6-12,17H,3,5,13H2/b12-9-/t17-/m1/s1. The zero-order valence-corrected chi connectivity index (χ0v) is 15.3. The largest absolute Gasteiger partial charge is 0.330 e. The Morgan fingerprint density at radius 2 is 2.00 bits per heavy atom. The molecule has 0 unspecified atom stereocenters. The zero-order chi connectivity index (χ0) is 18.8. The maximum atomic E-state index is 12.7. The highest BCUT2D eigenvalue weighted by Crippen LogP contribution is 2.36. The lowest BCUT2D eigenvalue weighted by molar-refractivity contribution is -0.384. The quantitative estimate of drug-likeness (QED) is 0.378. The van der Waals surface area contributed by atoms with E-state index in [9.17, 15) is 14.9 Å². The molecule has 0 aliphatic carbocycles. The number of carbonyl (C=O) groups excluding carboxylic acids is 1. The van der Waals surface area contributed by atoms with Crippen LogP contribution in [0.2, 0.25) is 0 Å². The number of nitro groups is 1. The number of likely N-dealkylation sites (tertiary alicyclic amines) is 1. The van der Waals surface area contributed by atoms with Gasteiger partial charge >= 0.3 is 0 Å². The second kappa shape index (κ2) is 7.28. The van der Waals surface area contributed by atoms with E-state index < -0.39 is 4.92 Å². The molecule has 0 bridgehead atoms. The van der Waals surface area contributed by atoms with Gasteiger partial charge in [-0.15, -0.1) is 11.3 Å². The van der Waals surface area contributed by atoms with Crippen molar-refractivity contribution in [1.82, 2.24) is 9.88 Å². The third kappa shape index (κ3) is 3.59. The molecule has 0 saturated carbocycles. The summed E-state index contributed by atoms with van der Waals surface area (Å²) in [5.41, 5.74) is 1.76. The molecule has 1 atom stereocenters. The average Bonchev–Trinajstić information content (AvgIpc) is 3.32. The van der Waals surface area contributed by atoms with Crippen molar-refractivity contribution in [2.24, 2.45) is 0 Å². The molecule has 1 fully saturated rings. The van der Waals surface area contributed by atoms with Crippen LogP contribution < -0.4 is 0 Å². The van der Waals surface area contributed by atoms with Gasteiger partial charge in [-0.2, -0.15) is 0 Å². The highest BCUT2D eigenvalue weighted by atomic mass is 32.1. The summed E-state index contributed by atoms with van der Waals surface area (Å²) in [5, 5.41) is 11.7. The van der Waals surface area contributed by atoms with Crippen molar-refractivity contribution in [1.29, 1.82) is 0 Å². The summed E-state index contributed by atoms with van der Waals surface area (Å²) < 4.78 is 1.13. The second-order valence-corrected chi connectivity index (χ2v) is 7.45. The Hall–Kier alpha value is -3.06. The van der Waals surface area contributed by atoms with Gasteiger partial charge in [0.2, 0.25) is 5.91 Å². The van der Waals surface area contributed by atoms with Gasteiger partial charge in [0.25, 0.3) is 5.69 Å². The maximum Gasteiger partial charge on any atom is 0.269 e. The fourth-order valence-electron chi connectivity index (χ4n) is 3.29. The number of nitro benzene ring substituents is 1. The highest BCUT2D eigenvalue weighted by molar-refractivity contribution is 7.18. The zero-order valence-electron chi connectivity index (χ0n) is 14.4. The molecule has 136 valence electrons. The van der Waals surface area contributed by atoms with Crippen LogP contribution >= 0.6 is 11.3 Å². The van der Waals surface area contributed by atoms with E-state index in [1.54, 1.807) is 29.5 Å². The molecule has 1 aliphatic rings. The van der Waals surface area contributed by atoms with Gasteiger partial charge in [-0.05, 0) is 48.7 Å². The van der Waals surface area contributed by atoms with Gasteiger partial charge in [-0.25, -0.2) is 4.98 Å². The molecular weight excluding hydrogens is 362 g/mol. The third-order valence-corrected chi connectivity index (χ3v) is 5.79. The molecule has 0 radical (unpaired) electrons. The van der Waals surface area contributed by atoms with Crippen LogP contribution in [0.3, 0.4) is 0 Å². The smallest absolute Gasteiger partial charge is 0.269 e. The van der Waals surface area contributed by atoms with Gasteiger partial charge in [0.05, 0.1) is 21.2 Å². The Morgan fingerprint density at radius 1 is 1.22 bits per heavy atom. The normalized spacial score (nSPS) is 17.0. The lowest BCUT2D eigenvalue weighted by Gasteiger charge is -2.21. The lowest BCUT2D eigenvalue weighted by atomic mass is 10.2. The molecule has 6 nitrogen and oxygen atoms in total. The van der Waals surface area contributed by atoms with Crippen molar-refractivity contribution in [3.8, 4) is 0 Å². The van der Waals surface area contributed by atoms with E-state index in [2.05, 4.69) is 0 Å². The van der Waals surface area contributed by atoms with Gasteiger partial charge in [0.1, 0.15) is 5.01 Å². The van der Waals surface area contributed by atoms with Crippen molar-refractivity contribution in [2.75, 3.05) is 6.54 Å². The molecular formula is C20H17N3O3S. The highest BCUT2D eigenvalue weighted by Gasteiger charge is 2.31. The Bertz CT molecular complexity index is 993. The van der Waals surface area contributed by atoms with E-state index in [-0.39, 0.29) is 17.6 Å². The molecule has 1 amide bonds. The predicted octanol–water partition coefficient (Wildman–Crippen LogP) is 4.58. The molecule has 2 aromatic carbocycles. The summed E-state index contributed by atoms with van der Waals surface area (Å²) in [6.07, 6.45) is 5.10.